The van der Waals surface area contributed by atoms with Crippen molar-refractivity contribution in [2.24, 2.45) is 5.92 Å². The summed E-state index contributed by atoms with van der Waals surface area (Å²) >= 11 is 2.99. The molecule has 13 heavy (non-hydrogen) atoms. The third-order valence-corrected chi connectivity index (χ3v) is 2.77. The van der Waals surface area contributed by atoms with E-state index in [0.717, 1.165) is 0 Å². The number of halogens is 1. The van der Waals surface area contributed by atoms with Crippen molar-refractivity contribution in [1.82, 2.24) is 5.32 Å². The molecule has 0 aromatic carbocycles. The highest BCUT2D eigenvalue weighted by molar-refractivity contribution is 9.10. The number of alkyl halides is 1. The molecule has 0 radical (unpaired) electrons. The number of nitrogens with one attached hydrogen (secondary N) is 1. The lowest BCUT2D eigenvalue weighted by molar-refractivity contribution is -0.143. The Morgan fingerprint density at radius 3 is 2.23 bits per heavy atom. The summed E-state index contributed by atoms with van der Waals surface area (Å²) in [6.07, 6.45) is 0.292. The van der Waals surface area contributed by atoms with Crippen LogP contribution >= 0.6 is 15.9 Å². The van der Waals surface area contributed by atoms with Gasteiger partial charge in [0.1, 0.15) is 0 Å². The molecule has 76 valence electrons. The van der Waals surface area contributed by atoms with Crippen molar-refractivity contribution in [1.29, 1.82) is 0 Å². The van der Waals surface area contributed by atoms with Gasteiger partial charge < -0.3 is 10.4 Å². The largest absolute Gasteiger partial charge is 0.479 e. The summed E-state index contributed by atoms with van der Waals surface area (Å²) in [6.45, 7) is 5.10. The summed E-state index contributed by atoms with van der Waals surface area (Å²) in [7, 11) is 0. The number of hydrogen-bond acceptors (Lipinski definition) is 2. The average molecular weight is 252 g/mol. The summed E-state index contributed by atoms with van der Waals surface area (Å²) in [4.78, 5) is 22.0. The van der Waals surface area contributed by atoms with E-state index in [1.807, 2.05) is 0 Å². The minimum Gasteiger partial charge on any atom is -0.479 e. The van der Waals surface area contributed by atoms with Crippen molar-refractivity contribution < 1.29 is 14.7 Å². The van der Waals surface area contributed by atoms with E-state index in [0.29, 0.717) is 6.42 Å². The second-order valence-corrected chi connectivity index (χ2v) is 4.46. The van der Waals surface area contributed by atoms with E-state index >= 15 is 0 Å². The maximum absolute atomic E-state index is 11.2. The molecule has 0 saturated carbocycles. The second-order valence-electron chi connectivity index (χ2n) is 3.10. The molecule has 0 bridgehead atoms. The normalized spacial score (nSPS) is 15.2. The van der Waals surface area contributed by atoms with E-state index in [2.05, 4.69) is 21.2 Å². The lowest BCUT2D eigenvalue weighted by Crippen LogP contribution is -2.50. The number of carbonyl (C=O) groups is 2. The third-order valence-electron chi connectivity index (χ3n) is 1.67. The fraction of sp³-hybridized carbons (Fsp3) is 0.750. The highest BCUT2D eigenvalue weighted by atomic mass is 79.9. The molecule has 0 aromatic rings. The van der Waals surface area contributed by atoms with Crippen LogP contribution < -0.4 is 5.32 Å². The molecule has 4 nitrogen and oxygen atoms in total. The van der Waals surface area contributed by atoms with Gasteiger partial charge in [-0.3, -0.25) is 4.79 Å². The van der Waals surface area contributed by atoms with E-state index < -0.39 is 10.4 Å². The molecule has 1 amide bonds. The maximum Gasteiger partial charge on any atom is 0.340 e. The van der Waals surface area contributed by atoms with Gasteiger partial charge in [0.15, 0.2) is 4.45 Å². The molecule has 0 heterocycles. The summed E-state index contributed by atoms with van der Waals surface area (Å²) in [5, 5.41) is 11.2. The molecule has 0 spiro atoms. The van der Waals surface area contributed by atoms with Crippen molar-refractivity contribution in [3.63, 3.8) is 0 Å². The summed E-state index contributed by atoms with van der Waals surface area (Å²) in [5.74, 6) is -1.58. The molecule has 2 N–H and O–H groups in total. The minimum atomic E-state index is -1.33. The van der Waals surface area contributed by atoms with Gasteiger partial charge in [-0.25, -0.2) is 4.79 Å². The van der Waals surface area contributed by atoms with Crippen molar-refractivity contribution in [3.05, 3.63) is 0 Å². The van der Waals surface area contributed by atoms with Crippen molar-refractivity contribution in [2.75, 3.05) is 0 Å². The molecular formula is C8H14BrNO3. The first-order valence-electron chi connectivity index (χ1n) is 4.07. The molecule has 0 aliphatic carbocycles. The first kappa shape index (κ1) is 12.4. The number of hydrogen-bond donors (Lipinski definition) is 2. The van der Waals surface area contributed by atoms with Gasteiger partial charge in [0.25, 0.3) is 0 Å². The standard InChI is InChI=1S/C8H14BrNO3/c1-4-8(9,7(12)13)10-6(11)5(2)3/h5H,4H2,1-3H3,(H,10,11)(H,12,13). The molecule has 0 aromatic heterocycles. The maximum atomic E-state index is 11.2. The Kier molecular flexibility index (Phi) is 4.39. The van der Waals surface area contributed by atoms with Crippen LogP contribution in [-0.2, 0) is 9.59 Å². The smallest absolute Gasteiger partial charge is 0.340 e. The van der Waals surface area contributed by atoms with Gasteiger partial charge in [0, 0.05) is 5.92 Å². The number of rotatable bonds is 4. The Morgan fingerprint density at radius 2 is 2.00 bits per heavy atom. The van der Waals surface area contributed by atoms with Crippen LogP contribution in [0.1, 0.15) is 27.2 Å². The van der Waals surface area contributed by atoms with E-state index in [9.17, 15) is 9.59 Å². The van der Waals surface area contributed by atoms with Crippen LogP contribution in [0.25, 0.3) is 0 Å². The van der Waals surface area contributed by atoms with Gasteiger partial charge in [-0.05, 0) is 22.4 Å². The Bertz CT molecular complexity index is 217. The molecule has 0 aliphatic heterocycles. The Balaban J connectivity index is 4.45. The highest BCUT2D eigenvalue weighted by Crippen LogP contribution is 2.19. The summed E-state index contributed by atoms with van der Waals surface area (Å²) in [5.41, 5.74) is 0. The van der Waals surface area contributed by atoms with Crippen LogP contribution in [0.15, 0.2) is 0 Å². The number of carboxylic acid groups (broad SMARTS) is 1. The predicted molar refractivity (Wildman–Crippen MR) is 52.6 cm³/mol. The van der Waals surface area contributed by atoms with Crippen molar-refractivity contribution in [3.8, 4) is 0 Å². The topological polar surface area (TPSA) is 66.4 Å². The molecular weight excluding hydrogens is 238 g/mol. The van der Waals surface area contributed by atoms with Crippen molar-refractivity contribution >= 4 is 27.8 Å². The van der Waals surface area contributed by atoms with Crippen LogP contribution in [0.5, 0.6) is 0 Å². The fourth-order valence-electron chi connectivity index (χ4n) is 0.633. The van der Waals surface area contributed by atoms with E-state index in [1.54, 1.807) is 20.8 Å². The van der Waals surface area contributed by atoms with Gasteiger partial charge in [-0.1, -0.05) is 20.8 Å². The zero-order valence-corrected chi connectivity index (χ0v) is 9.51. The van der Waals surface area contributed by atoms with Crippen molar-refractivity contribution in [2.45, 2.75) is 31.6 Å². The Hall–Kier alpha value is -0.580. The molecule has 0 aliphatic rings. The second kappa shape index (κ2) is 4.60. The lowest BCUT2D eigenvalue weighted by Gasteiger charge is -2.23. The summed E-state index contributed by atoms with van der Waals surface area (Å²) in [6, 6.07) is 0. The van der Waals surface area contributed by atoms with Gasteiger partial charge in [-0.15, -0.1) is 0 Å². The van der Waals surface area contributed by atoms with Crippen LogP contribution in [0.3, 0.4) is 0 Å². The van der Waals surface area contributed by atoms with Crippen LogP contribution in [0.4, 0.5) is 0 Å². The fourth-order valence-corrected chi connectivity index (χ4v) is 0.828. The van der Waals surface area contributed by atoms with Gasteiger partial charge in [0.2, 0.25) is 5.91 Å². The SMILES string of the molecule is CCC(Br)(NC(=O)C(C)C)C(=O)O. The highest BCUT2D eigenvalue weighted by Gasteiger charge is 2.35. The van der Waals surface area contributed by atoms with Gasteiger partial charge in [-0.2, -0.15) is 0 Å². The molecule has 0 saturated heterocycles. The predicted octanol–water partition coefficient (Wildman–Crippen LogP) is 1.34. The first-order chi connectivity index (χ1) is 5.83. The Morgan fingerprint density at radius 1 is 1.54 bits per heavy atom. The lowest BCUT2D eigenvalue weighted by atomic mass is 10.1. The first-order valence-corrected chi connectivity index (χ1v) is 4.87. The van der Waals surface area contributed by atoms with Gasteiger partial charge in [0.05, 0.1) is 0 Å². The molecule has 5 heteroatoms. The summed E-state index contributed by atoms with van der Waals surface area (Å²) < 4.78 is -1.33. The molecule has 1 atom stereocenters. The quantitative estimate of drug-likeness (QED) is 0.586. The number of amides is 1. The van der Waals surface area contributed by atoms with E-state index in [1.165, 1.54) is 0 Å². The minimum absolute atomic E-state index is 0.220. The van der Waals surface area contributed by atoms with Crippen LogP contribution in [0, 0.1) is 5.92 Å². The van der Waals surface area contributed by atoms with Crippen LogP contribution in [-0.4, -0.2) is 21.4 Å². The average Bonchev–Trinajstić information content (AvgIpc) is 2.03. The number of carboxylic acids is 1. The third kappa shape index (κ3) is 3.34. The number of carbonyl (C=O) groups excluding carboxylic acids is 1. The van der Waals surface area contributed by atoms with Gasteiger partial charge >= 0.3 is 5.97 Å². The number of aliphatic carboxylic acids is 1. The van der Waals surface area contributed by atoms with Crippen LogP contribution in [0.2, 0.25) is 0 Å². The zero-order valence-electron chi connectivity index (χ0n) is 7.93. The molecule has 0 rings (SSSR count). The monoisotopic (exact) mass is 251 g/mol. The zero-order chi connectivity index (χ0) is 10.6. The molecule has 0 fully saturated rings. The Labute approximate surface area is 85.8 Å². The van der Waals surface area contributed by atoms with E-state index in [-0.39, 0.29) is 11.8 Å². The van der Waals surface area contributed by atoms with E-state index in [4.69, 9.17) is 5.11 Å². The molecule has 1 unspecified atom stereocenters.